The highest BCUT2D eigenvalue weighted by Gasteiger charge is 2.34. The van der Waals surface area contributed by atoms with Crippen LogP contribution >= 0.6 is 0 Å². The van der Waals surface area contributed by atoms with Gasteiger partial charge in [0.05, 0.1) is 24.2 Å². The zero-order valence-electron chi connectivity index (χ0n) is 12.2. The third kappa shape index (κ3) is 3.52. The zero-order chi connectivity index (χ0) is 15.6. The normalized spacial score (nSPS) is 23.4. The van der Waals surface area contributed by atoms with Crippen molar-refractivity contribution in [3.8, 4) is 5.75 Å². The molecule has 1 aromatic rings. The van der Waals surface area contributed by atoms with Crippen molar-refractivity contribution in [3.63, 3.8) is 0 Å². The van der Waals surface area contributed by atoms with Crippen molar-refractivity contribution < 1.29 is 22.3 Å². The van der Waals surface area contributed by atoms with Gasteiger partial charge in [-0.05, 0) is 25.2 Å². The lowest BCUT2D eigenvalue weighted by atomic mass is 10.2. The summed E-state index contributed by atoms with van der Waals surface area (Å²) >= 11 is 0. The molecule has 1 fully saturated rings. The van der Waals surface area contributed by atoms with Gasteiger partial charge in [-0.2, -0.15) is 0 Å². The summed E-state index contributed by atoms with van der Waals surface area (Å²) in [5, 5.41) is 0. The molecule has 118 valence electrons. The molecule has 1 aliphatic rings. The molecule has 0 amide bonds. The second-order valence-electron chi connectivity index (χ2n) is 5.02. The van der Waals surface area contributed by atoms with Crippen LogP contribution in [0.5, 0.6) is 5.75 Å². The minimum atomic E-state index is -3.81. The smallest absolute Gasteiger partial charge is 0.241 e. The van der Waals surface area contributed by atoms with Crippen LogP contribution in [0, 0.1) is 5.82 Å². The van der Waals surface area contributed by atoms with E-state index >= 15 is 0 Å². The van der Waals surface area contributed by atoms with Crippen LogP contribution < -0.4 is 9.46 Å². The number of likely N-dealkylation sites (N-methyl/N-ethyl adjacent to an activating group) is 1. The van der Waals surface area contributed by atoms with Crippen molar-refractivity contribution >= 4 is 10.0 Å². The van der Waals surface area contributed by atoms with E-state index in [-0.39, 0.29) is 22.8 Å². The number of likely N-dealkylation sites (tertiary alicyclic amines) is 1. The lowest BCUT2D eigenvalue weighted by molar-refractivity contribution is 0.0969. The number of rotatable bonds is 5. The van der Waals surface area contributed by atoms with E-state index in [1.54, 1.807) is 0 Å². The molecule has 0 spiro atoms. The molecule has 0 bridgehead atoms. The van der Waals surface area contributed by atoms with Crippen molar-refractivity contribution in [2.45, 2.75) is 17.0 Å². The molecule has 0 aromatic heterocycles. The topological polar surface area (TPSA) is 67.9 Å². The fourth-order valence-corrected chi connectivity index (χ4v) is 3.66. The van der Waals surface area contributed by atoms with E-state index in [4.69, 9.17) is 9.47 Å². The number of sulfonamides is 1. The molecule has 0 aliphatic carbocycles. The summed E-state index contributed by atoms with van der Waals surface area (Å²) < 4.78 is 50.9. The monoisotopic (exact) mass is 318 g/mol. The molecule has 2 rings (SSSR count). The summed E-state index contributed by atoms with van der Waals surface area (Å²) in [5.41, 5.74) is 0. The van der Waals surface area contributed by atoms with E-state index in [0.29, 0.717) is 13.1 Å². The maximum absolute atomic E-state index is 13.6. The molecule has 8 heteroatoms. The number of methoxy groups -OCH3 is 2. The van der Waals surface area contributed by atoms with E-state index in [1.165, 1.54) is 26.4 Å². The second-order valence-corrected chi connectivity index (χ2v) is 6.73. The van der Waals surface area contributed by atoms with Gasteiger partial charge in [0.15, 0.2) is 11.6 Å². The maximum atomic E-state index is 13.6. The van der Waals surface area contributed by atoms with E-state index < -0.39 is 15.8 Å². The van der Waals surface area contributed by atoms with E-state index in [2.05, 4.69) is 4.72 Å². The standard InChI is InChI=1S/C13H19FN2O4S/c1-16-7-11(13(8-16)20-3)15-21(17,18)9-4-5-12(19-2)10(14)6-9/h4-6,11,13,15H,7-8H2,1-3H3/t11-,13-/m0/s1. The van der Waals surface area contributed by atoms with E-state index in [1.807, 2.05) is 11.9 Å². The molecule has 1 aliphatic heterocycles. The zero-order valence-corrected chi connectivity index (χ0v) is 13.0. The Bertz CT molecular complexity index is 608. The molecule has 21 heavy (non-hydrogen) atoms. The third-order valence-electron chi connectivity index (χ3n) is 3.49. The average Bonchev–Trinajstić information content (AvgIpc) is 2.77. The Kier molecular flexibility index (Phi) is 4.82. The highest BCUT2D eigenvalue weighted by atomic mass is 32.2. The quantitative estimate of drug-likeness (QED) is 0.853. The lowest BCUT2D eigenvalue weighted by Gasteiger charge is -2.18. The number of ether oxygens (including phenoxy) is 2. The van der Waals surface area contributed by atoms with Gasteiger partial charge in [-0.1, -0.05) is 0 Å². The number of benzene rings is 1. The minimum Gasteiger partial charge on any atom is -0.494 e. The van der Waals surface area contributed by atoms with Gasteiger partial charge in [-0.15, -0.1) is 0 Å². The Morgan fingerprint density at radius 1 is 1.33 bits per heavy atom. The molecular weight excluding hydrogens is 299 g/mol. The summed E-state index contributed by atoms with van der Waals surface area (Å²) in [6.07, 6.45) is -0.229. The number of hydrogen-bond donors (Lipinski definition) is 1. The van der Waals surface area contributed by atoms with Gasteiger partial charge in [0.25, 0.3) is 0 Å². The SMILES string of the molecule is COc1ccc(S(=O)(=O)N[C@H]2CN(C)C[C@@H]2OC)cc1F. The first-order chi connectivity index (χ1) is 9.87. The van der Waals surface area contributed by atoms with Gasteiger partial charge in [0.2, 0.25) is 10.0 Å². The summed E-state index contributed by atoms with van der Waals surface area (Å²) in [7, 11) is 0.934. The van der Waals surface area contributed by atoms with Crippen molar-refractivity contribution in [2.24, 2.45) is 0 Å². The minimum absolute atomic E-state index is 0.00400. The highest BCUT2D eigenvalue weighted by Crippen LogP contribution is 2.21. The number of nitrogens with zero attached hydrogens (tertiary/aromatic N) is 1. The predicted molar refractivity (Wildman–Crippen MR) is 75.4 cm³/mol. The Morgan fingerprint density at radius 3 is 2.62 bits per heavy atom. The van der Waals surface area contributed by atoms with Gasteiger partial charge in [-0.25, -0.2) is 17.5 Å². The third-order valence-corrected chi connectivity index (χ3v) is 4.98. The fraction of sp³-hybridized carbons (Fsp3) is 0.538. The average molecular weight is 318 g/mol. The summed E-state index contributed by atoms with van der Waals surface area (Å²) in [4.78, 5) is 1.83. The summed E-state index contributed by atoms with van der Waals surface area (Å²) in [5.74, 6) is -0.712. The van der Waals surface area contributed by atoms with Crippen LogP contribution in [0.15, 0.2) is 23.1 Å². The largest absolute Gasteiger partial charge is 0.494 e. The Labute approximate surface area is 123 Å². The Balaban J connectivity index is 2.20. The molecule has 1 N–H and O–H groups in total. The number of nitrogens with one attached hydrogen (secondary N) is 1. The van der Waals surface area contributed by atoms with Crippen LogP contribution in [-0.4, -0.2) is 59.8 Å². The number of halogens is 1. The molecule has 0 saturated carbocycles. The van der Waals surface area contributed by atoms with Crippen LogP contribution in [0.4, 0.5) is 4.39 Å². The first-order valence-electron chi connectivity index (χ1n) is 6.44. The molecule has 1 heterocycles. The van der Waals surface area contributed by atoms with Crippen molar-refractivity contribution in [1.82, 2.24) is 9.62 Å². The Morgan fingerprint density at radius 2 is 2.05 bits per heavy atom. The summed E-state index contributed by atoms with van der Waals surface area (Å²) in [6, 6.07) is 3.18. The van der Waals surface area contributed by atoms with Crippen LogP contribution in [-0.2, 0) is 14.8 Å². The van der Waals surface area contributed by atoms with Gasteiger partial charge in [0, 0.05) is 20.2 Å². The van der Waals surface area contributed by atoms with Gasteiger partial charge in [0.1, 0.15) is 0 Å². The summed E-state index contributed by atoms with van der Waals surface area (Å²) in [6.45, 7) is 1.18. The highest BCUT2D eigenvalue weighted by molar-refractivity contribution is 7.89. The number of hydrogen-bond acceptors (Lipinski definition) is 5. The van der Waals surface area contributed by atoms with Crippen LogP contribution in [0.25, 0.3) is 0 Å². The lowest BCUT2D eigenvalue weighted by Crippen LogP contribution is -2.43. The molecule has 0 unspecified atom stereocenters. The maximum Gasteiger partial charge on any atom is 0.241 e. The van der Waals surface area contributed by atoms with Gasteiger partial charge >= 0.3 is 0 Å². The molecular formula is C13H19FN2O4S. The van der Waals surface area contributed by atoms with Crippen molar-refractivity contribution in [3.05, 3.63) is 24.0 Å². The fourth-order valence-electron chi connectivity index (χ4n) is 2.40. The first kappa shape index (κ1) is 16.2. The molecule has 2 atom stereocenters. The van der Waals surface area contributed by atoms with E-state index in [0.717, 1.165) is 6.07 Å². The molecule has 6 nitrogen and oxygen atoms in total. The molecule has 0 radical (unpaired) electrons. The van der Waals surface area contributed by atoms with Crippen LogP contribution in [0.3, 0.4) is 0 Å². The van der Waals surface area contributed by atoms with Crippen LogP contribution in [0.2, 0.25) is 0 Å². The molecule has 1 aromatic carbocycles. The van der Waals surface area contributed by atoms with Crippen molar-refractivity contribution in [2.75, 3.05) is 34.4 Å². The van der Waals surface area contributed by atoms with E-state index in [9.17, 15) is 12.8 Å². The van der Waals surface area contributed by atoms with Gasteiger partial charge < -0.3 is 14.4 Å². The second kappa shape index (κ2) is 6.27. The Hall–Kier alpha value is -1.22. The van der Waals surface area contributed by atoms with Crippen LogP contribution in [0.1, 0.15) is 0 Å². The molecule has 1 saturated heterocycles. The van der Waals surface area contributed by atoms with Crippen molar-refractivity contribution in [1.29, 1.82) is 0 Å². The first-order valence-corrected chi connectivity index (χ1v) is 7.93. The van der Waals surface area contributed by atoms with Gasteiger partial charge in [-0.3, -0.25) is 0 Å². The predicted octanol–water partition coefficient (Wildman–Crippen LogP) is 0.442.